The highest BCUT2D eigenvalue weighted by atomic mass is 16.6. The number of imide groups is 2. The lowest BCUT2D eigenvalue weighted by Crippen LogP contribution is -2.64. The lowest BCUT2D eigenvalue weighted by Gasteiger charge is -2.63. The lowest BCUT2D eigenvalue weighted by atomic mass is 9.42. The zero-order valence-electron chi connectivity index (χ0n) is 50.1. The maximum Gasteiger partial charge on any atom is 0.414 e. The molecule has 14 nitrogen and oxygen atoms in total. The van der Waals surface area contributed by atoms with Gasteiger partial charge in [-0.05, 0) is 162 Å². The number of carbonyl (C=O) groups excluding carboxylic acids is 6. The third-order valence-corrected chi connectivity index (χ3v) is 27.3. The Bertz CT molecular complexity index is 2350. The van der Waals surface area contributed by atoms with Crippen molar-refractivity contribution in [3.8, 4) is 0 Å². The zero-order chi connectivity index (χ0) is 56.2. The van der Waals surface area contributed by atoms with Crippen molar-refractivity contribution in [2.75, 3.05) is 46.4 Å². The largest absolute Gasteiger partial charge is 0.445 e. The minimum Gasteiger partial charge on any atom is -0.445 e. The van der Waals surface area contributed by atoms with E-state index in [2.05, 4.69) is 75.8 Å². The average Bonchev–Trinajstić information content (AvgIpc) is 3.06. The molecule has 6 unspecified atom stereocenters. The Labute approximate surface area is 473 Å². The number of ether oxygens (including phenoxy) is 3. The van der Waals surface area contributed by atoms with Crippen LogP contribution in [0, 0.1) is 104 Å². The van der Waals surface area contributed by atoms with E-state index >= 15 is 0 Å². The van der Waals surface area contributed by atoms with Crippen LogP contribution in [0.1, 0.15) is 197 Å². The van der Waals surface area contributed by atoms with Crippen LogP contribution in [-0.2, 0) is 33.4 Å². The van der Waals surface area contributed by atoms with Crippen LogP contribution in [0.3, 0.4) is 0 Å². The smallest absolute Gasteiger partial charge is 0.414 e. The second kappa shape index (κ2) is 21.6. The molecule has 8 bridgehead atoms. The van der Waals surface area contributed by atoms with E-state index in [-0.39, 0.29) is 81.4 Å². The Kier molecular flexibility index (Phi) is 15.8. The number of aliphatic hydroxyl groups is 1. The van der Waals surface area contributed by atoms with Gasteiger partial charge in [0.2, 0.25) is 11.8 Å². The van der Waals surface area contributed by atoms with Crippen LogP contribution in [0.25, 0.3) is 0 Å². The van der Waals surface area contributed by atoms with E-state index in [4.69, 9.17) is 14.2 Å². The van der Waals surface area contributed by atoms with Gasteiger partial charge < -0.3 is 29.1 Å². The van der Waals surface area contributed by atoms with Crippen LogP contribution < -0.4 is 10.6 Å². The summed E-state index contributed by atoms with van der Waals surface area (Å²) in [5.74, 6) is 1.60. The number of Topliss-reactive ketones (excluding diaryl/α,β-unsaturated/α-hetero) is 2. The number of methoxy groups -OCH3 is 1. The molecule has 12 fully saturated rings. The van der Waals surface area contributed by atoms with Crippen LogP contribution in [0.2, 0.25) is 0 Å². The predicted molar refractivity (Wildman–Crippen MR) is 300 cm³/mol. The van der Waals surface area contributed by atoms with Crippen molar-refractivity contribution in [2.45, 2.75) is 221 Å². The molecule has 0 radical (unpaired) electrons. The van der Waals surface area contributed by atoms with E-state index < -0.39 is 46.7 Å². The topological polar surface area (TPSA) is 181 Å². The lowest BCUT2D eigenvalue weighted by molar-refractivity contribution is -0.208. The number of piperidine rings is 2. The molecule has 22 atom stereocenters. The molecule has 8 aliphatic carbocycles. The highest BCUT2D eigenvalue weighted by Crippen LogP contribution is 2.71. The average molecular weight is 1100 g/mol. The van der Waals surface area contributed by atoms with Crippen molar-refractivity contribution in [1.29, 1.82) is 0 Å². The second-order valence-electron chi connectivity index (χ2n) is 30.2. The summed E-state index contributed by atoms with van der Waals surface area (Å²) in [5, 5.41) is 17.5. The van der Waals surface area contributed by atoms with E-state index in [9.17, 15) is 33.9 Å². The Morgan fingerprint density at radius 2 is 1.10 bits per heavy atom. The van der Waals surface area contributed by atoms with Crippen LogP contribution in [-0.4, -0.2) is 121 Å². The SMILES string of the molecule is CO[C@@H]1CCC23CC[C@@H](C)[C@](C)(C12)[C@H](OC(=O)NC(=O)[C@H]1CN2CC[C@@H]1C2)C[C@@](C)(C1CCCCC1)C(=O)[C@@H]3C.C[C@@H]1CCC23CCC(=O)C2[C@]1(C)[C@H](OC(=O)NC(=O)[C@H]1CN2CC[C@@H]1C2)C[C@@](C)(C1CCCCC1)[C@@H](O)[C@@H]3C. The van der Waals surface area contributed by atoms with Gasteiger partial charge in [-0.25, -0.2) is 9.59 Å². The molecule has 4 heterocycles. The number of hydrogen-bond acceptors (Lipinski definition) is 12. The zero-order valence-corrected chi connectivity index (χ0v) is 50.1. The molecule has 0 aromatic carbocycles. The predicted octanol–water partition coefficient (Wildman–Crippen LogP) is 10.6. The summed E-state index contributed by atoms with van der Waals surface area (Å²) in [4.78, 5) is 86.5. The number of aliphatic hydroxyl groups excluding tert-OH is 1. The van der Waals surface area contributed by atoms with Crippen molar-refractivity contribution in [1.82, 2.24) is 20.4 Å². The summed E-state index contributed by atoms with van der Waals surface area (Å²) in [6, 6.07) is 0. The van der Waals surface area contributed by atoms with E-state index in [1.54, 1.807) is 7.11 Å². The fourth-order valence-corrected chi connectivity index (χ4v) is 22.1. The summed E-state index contributed by atoms with van der Waals surface area (Å²) in [7, 11) is 1.80. The fourth-order valence-electron chi connectivity index (χ4n) is 22.1. The Morgan fingerprint density at radius 1 is 0.595 bits per heavy atom. The van der Waals surface area contributed by atoms with Crippen molar-refractivity contribution in [3.05, 3.63) is 0 Å². The molecular formula is C65H102N4O10. The molecule has 4 aliphatic heterocycles. The minimum atomic E-state index is -0.674. The Morgan fingerprint density at radius 3 is 1.62 bits per heavy atom. The number of fused-ring (bicyclic) bond motifs is 4. The van der Waals surface area contributed by atoms with E-state index in [1.165, 1.54) is 25.7 Å². The van der Waals surface area contributed by atoms with Gasteiger partial charge >= 0.3 is 12.2 Å². The third kappa shape index (κ3) is 9.34. The van der Waals surface area contributed by atoms with Gasteiger partial charge in [-0.2, -0.15) is 0 Å². The molecule has 12 rings (SSSR count). The highest BCUT2D eigenvalue weighted by molar-refractivity contribution is 5.94. The van der Waals surface area contributed by atoms with E-state index in [1.807, 2.05) is 0 Å². The summed E-state index contributed by atoms with van der Waals surface area (Å²) < 4.78 is 19.0. The van der Waals surface area contributed by atoms with Crippen molar-refractivity contribution < 1.29 is 48.1 Å². The van der Waals surface area contributed by atoms with Gasteiger partial charge in [-0.15, -0.1) is 0 Å². The van der Waals surface area contributed by atoms with E-state index in [0.717, 1.165) is 129 Å². The monoisotopic (exact) mass is 1100 g/mol. The van der Waals surface area contributed by atoms with Crippen molar-refractivity contribution in [3.63, 3.8) is 0 Å². The second-order valence-corrected chi connectivity index (χ2v) is 30.2. The van der Waals surface area contributed by atoms with E-state index in [0.29, 0.717) is 61.2 Å². The summed E-state index contributed by atoms with van der Waals surface area (Å²) in [5.41, 5.74) is -2.25. The summed E-state index contributed by atoms with van der Waals surface area (Å²) in [6.07, 6.45) is 18.9. The van der Waals surface area contributed by atoms with Crippen molar-refractivity contribution in [2.24, 2.45) is 104 Å². The first-order valence-electron chi connectivity index (χ1n) is 32.3. The molecule has 79 heavy (non-hydrogen) atoms. The van der Waals surface area contributed by atoms with Crippen LogP contribution in [0.5, 0.6) is 0 Å². The number of nitrogens with zero attached hydrogens (tertiary/aromatic N) is 2. The maximum absolute atomic E-state index is 14.7. The first-order chi connectivity index (χ1) is 37.5. The Balaban J connectivity index is 0.000000167. The first-order valence-corrected chi connectivity index (χ1v) is 32.3. The molecular weight excluding hydrogens is 997 g/mol. The van der Waals surface area contributed by atoms with Gasteiger partial charge in [-0.3, -0.25) is 29.8 Å². The molecule has 4 saturated heterocycles. The molecule has 0 aromatic heterocycles. The van der Waals surface area contributed by atoms with Gasteiger partial charge in [0.25, 0.3) is 0 Å². The highest BCUT2D eigenvalue weighted by Gasteiger charge is 2.71. The molecule has 0 spiro atoms. The molecule has 3 N–H and O–H groups in total. The van der Waals surface area contributed by atoms with Gasteiger partial charge in [0.05, 0.1) is 24.0 Å². The molecule has 4 amide bonds. The van der Waals surface area contributed by atoms with Gasteiger partial charge in [0.1, 0.15) is 23.8 Å². The standard InChI is InChI=1S/C33H52N2O5.C32H50N2O5/c1-20-11-14-33-15-12-25(39-5)27(33)32(20,4)26(17-31(3,28(36)21(33)2)23-9-7-6-8-10-23)40-30(38)34-29(37)24-19-35-16-13-22(24)18-35;1-19-10-13-32-14-11-24(35)26(32)31(19,4)25(16-30(3,27(36)20(32)2)22-8-6-5-7-9-22)39-29(38)33-28(37)23-18-34-15-12-21(23)17-34/h20-27H,6-19H2,1-5H3,(H,34,37,38);19-23,25-27,36H,5-18H2,1-4H3,(H,33,37,38)/t20-,21+,22-,24+,25-,26-,27?,31+,32+,33?;19-,20+,21-,23+,25-,26?,27+,30+,31+,32?/m11/s1. The molecule has 14 heteroatoms. The number of nitrogens with one attached hydrogen (secondary N) is 2. The number of alkyl carbamates (subject to hydrolysis) is 2. The summed E-state index contributed by atoms with van der Waals surface area (Å²) in [6.45, 7) is 23.3. The first kappa shape index (κ1) is 57.9. The molecule has 0 aromatic rings. The molecule has 442 valence electrons. The van der Waals surface area contributed by atoms with Gasteiger partial charge in [0, 0.05) is 79.1 Å². The van der Waals surface area contributed by atoms with Gasteiger partial charge in [-0.1, -0.05) is 93.9 Å². The van der Waals surface area contributed by atoms with Crippen LogP contribution in [0.15, 0.2) is 0 Å². The number of rotatable bonds is 7. The third-order valence-electron chi connectivity index (χ3n) is 27.3. The number of amides is 4. The Hall–Kier alpha value is -2.94. The maximum atomic E-state index is 14.7. The van der Waals surface area contributed by atoms with Crippen LogP contribution in [0.4, 0.5) is 9.59 Å². The minimum absolute atomic E-state index is 0.0110. The molecule has 8 saturated carbocycles. The number of hydrogen-bond donors (Lipinski definition) is 3. The van der Waals surface area contributed by atoms with Crippen LogP contribution >= 0.6 is 0 Å². The summed E-state index contributed by atoms with van der Waals surface area (Å²) >= 11 is 0. The normalized spacial score (nSPS) is 49.2. The fraction of sp³-hybridized carbons (Fsp3) is 0.908. The quantitative estimate of drug-likeness (QED) is 0.220. The van der Waals surface area contributed by atoms with Crippen molar-refractivity contribution >= 4 is 35.6 Å². The number of carbonyl (C=O) groups is 6. The molecule has 12 aliphatic rings. The van der Waals surface area contributed by atoms with Gasteiger partial charge in [0.15, 0.2) is 0 Å². The number of ketones is 2.